The summed E-state index contributed by atoms with van der Waals surface area (Å²) >= 11 is 0. The second kappa shape index (κ2) is 5.57. The van der Waals surface area contributed by atoms with E-state index in [-0.39, 0.29) is 5.91 Å². The first-order chi connectivity index (χ1) is 9.11. The van der Waals surface area contributed by atoms with Crippen LogP contribution in [0.25, 0.3) is 0 Å². The molecule has 0 aromatic heterocycles. The van der Waals surface area contributed by atoms with E-state index in [2.05, 4.69) is 0 Å². The Morgan fingerprint density at radius 3 is 2.42 bits per heavy atom. The second-order valence-corrected chi connectivity index (χ2v) is 4.43. The number of benzene rings is 2. The second-order valence-electron chi connectivity index (χ2n) is 4.43. The number of nitrogens with zero attached hydrogens (tertiary/aromatic N) is 1. The summed E-state index contributed by atoms with van der Waals surface area (Å²) in [6.45, 7) is 2.00. The van der Waals surface area contributed by atoms with E-state index in [1.54, 1.807) is 19.1 Å². The molecule has 0 bridgehead atoms. The molecule has 19 heavy (non-hydrogen) atoms. The van der Waals surface area contributed by atoms with Crippen LogP contribution in [-0.4, -0.2) is 20.1 Å². The maximum Gasteiger partial charge on any atom is 0.258 e. The zero-order valence-corrected chi connectivity index (χ0v) is 11.4. The van der Waals surface area contributed by atoms with Crippen molar-refractivity contribution >= 4 is 11.6 Å². The quantitative estimate of drug-likeness (QED) is 0.842. The van der Waals surface area contributed by atoms with E-state index in [0.717, 1.165) is 17.0 Å². The Hall–Kier alpha value is -2.29. The predicted molar refractivity (Wildman–Crippen MR) is 76.9 cm³/mol. The van der Waals surface area contributed by atoms with Crippen LogP contribution in [0.3, 0.4) is 0 Å². The summed E-state index contributed by atoms with van der Waals surface area (Å²) in [7, 11) is 3.37. The molecule has 98 valence electrons. The van der Waals surface area contributed by atoms with Gasteiger partial charge in [-0.15, -0.1) is 0 Å². The van der Waals surface area contributed by atoms with E-state index in [1.807, 2.05) is 55.5 Å². The molecule has 0 aliphatic carbocycles. The molecule has 0 saturated carbocycles. The number of aryl methyl sites for hydroxylation is 1. The summed E-state index contributed by atoms with van der Waals surface area (Å²) in [6.07, 6.45) is 0. The minimum absolute atomic E-state index is 0.0340. The molecule has 0 aliphatic rings. The van der Waals surface area contributed by atoms with Crippen molar-refractivity contribution in [3.05, 3.63) is 59.7 Å². The molecule has 0 heterocycles. The third-order valence-corrected chi connectivity index (χ3v) is 3.04. The lowest BCUT2D eigenvalue weighted by molar-refractivity contribution is 0.0993. The van der Waals surface area contributed by atoms with Gasteiger partial charge in [0.25, 0.3) is 5.91 Å². The van der Waals surface area contributed by atoms with Crippen molar-refractivity contribution in [3.8, 4) is 5.75 Å². The highest BCUT2D eigenvalue weighted by molar-refractivity contribution is 6.05. The molecule has 0 N–H and O–H groups in total. The van der Waals surface area contributed by atoms with Gasteiger partial charge in [0.2, 0.25) is 0 Å². The monoisotopic (exact) mass is 255 g/mol. The Bertz CT molecular complexity index is 576. The van der Waals surface area contributed by atoms with Gasteiger partial charge in [0.1, 0.15) is 5.75 Å². The van der Waals surface area contributed by atoms with Crippen molar-refractivity contribution in [2.75, 3.05) is 19.1 Å². The van der Waals surface area contributed by atoms with Crippen LogP contribution in [-0.2, 0) is 0 Å². The molecule has 0 fully saturated rings. The highest BCUT2D eigenvalue weighted by atomic mass is 16.5. The largest absolute Gasteiger partial charge is 0.497 e. The molecule has 0 unspecified atom stereocenters. The zero-order chi connectivity index (χ0) is 13.8. The average molecular weight is 255 g/mol. The van der Waals surface area contributed by atoms with Crippen LogP contribution >= 0.6 is 0 Å². The topological polar surface area (TPSA) is 29.5 Å². The third-order valence-electron chi connectivity index (χ3n) is 3.04. The van der Waals surface area contributed by atoms with Crippen molar-refractivity contribution in [1.82, 2.24) is 0 Å². The number of methoxy groups -OCH3 is 1. The van der Waals surface area contributed by atoms with Gasteiger partial charge < -0.3 is 9.64 Å². The summed E-state index contributed by atoms with van der Waals surface area (Å²) in [5.41, 5.74) is 2.63. The Labute approximate surface area is 113 Å². The number of amides is 1. The fraction of sp³-hybridized carbons (Fsp3) is 0.188. The Morgan fingerprint density at radius 1 is 1.11 bits per heavy atom. The number of ether oxygens (including phenoxy) is 1. The Morgan fingerprint density at radius 2 is 1.79 bits per heavy atom. The molecule has 0 atom stereocenters. The van der Waals surface area contributed by atoms with Gasteiger partial charge in [-0.3, -0.25) is 4.79 Å². The highest BCUT2D eigenvalue weighted by Crippen LogP contribution is 2.21. The molecule has 3 heteroatoms. The molecule has 2 aromatic rings. The minimum Gasteiger partial charge on any atom is -0.497 e. The summed E-state index contributed by atoms with van der Waals surface area (Å²) in [4.78, 5) is 14.0. The van der Waals surface area contributed by atoms with Crippen LogP contribution < -0.4 is 9.64 Å². The van der Waals surface area contributed by atoms with Crippen LogP contribution in [0, 0.1) is 6.92 Å². The van der Waals surface area contributed by atoms with E-state index in [9.17, 15) is 4.79 Å². The Kier molecular flexibility index (Phi) is 3.85. The van der Waals surface area contributed by atoms with E-state index in [4.69, 9.17) is 4.74 Å². The van der Waals surface area contributed by atoms with Crippen LogP contribution in [0.2, 0.25) is 0 Å². The number of anilines is 1. The summed E-state index contributed by atoms with van der Waals surface area (Å²) in [5.74, 6) is 0.703. The molecular formula is C16H17NO2. The van der Waals surface area contributed by atoms with Crippen LogP contribution in [0.4, 0.5) is 5.69 Å². The van der Waals surface area contributed by atoms with Gasteiger partial charge in [0, 0.05) is 24.4 Å². The first-order valence-corrected chi connectivity index (χ1v) is 6.10. The first kappa shape index (κ1) is 13.1. The van der Waals surface area contributed by atoms with E-state index < -0.39 is 0 Å². The number of carbonyl (C=O) groups is 1. The summed E-state index contributed by atoms with van der Waals surface area (Å²) in [5, 5.41) is 0. The van der Waals surface area contributed by atoms with Crippen molar-refractivity contribution in [2.24, 2.45) is 0 Å². The SMILES string of the molecule is COc1cccc(N(C)C(=O)c2ccc(C)cc2)c1. The molecular weight excluding hydrogens is 238 g/mol. The van der Waals surface area contributed by atoms with E-state index in [0.29, 0.717) is 5.56 Å². The fourth-order valence-corrected chi connectivity index (χ4v) is 1.83. The maximum absolute atomic E-state index is 12.3. The fourth-order valence-electron chi connectivity index (χ4n) is 1.83. The van der Waals surface area contributed by atoms with Crippen LogP contribution in [0.5, 0.6) is 5.75 Å². The highest BCUT2D eigenvalue weighted by Gasteiger charge is 2.13. The zero-order valence-electron chi connectivity index (χ0n) is 11.4. The lowest BCUT2D eigenvalue weighted by Gasteiger charge is -2.18. The number of rotatable bonds is 3. The summed E-state index contributed by atoms with van der Waals surface area (Å²) < 4.78 is 5.17. The molecule has 0 aliphatic heterocycles. The number of hydrogen-bond donors (Lipinski definition) is 0. The molecule has 1 amide bonds. The van der Waals surface area contributed by atoms with Gasteiger partial charge in [-0.1, -0.05) is 23.8 Å². The molecule has 0 spiro atoms. The standard InChI is InChI=1S/C16H17NO2/c1-12-7-9-13(10-8-12)16(18)17(2)14-5-4-6-15(11-14)19-3/h4-11H,1-3H3. The predicted octanol–water partition coefficient (Wildman–Crippen LogP) is 3.28. The maximum atomic E-state index is 12.3. The normalized spacial score (nSPS) is 10.1. The first-order valence-electron chi connectivity index (χ1n) is 6.10. The molecule has 0 saturated heterocycles. The molecule has 2 rings (SSSR count). The van der Waals surface area contributed by atoms with Gasteiger partial charge in [0.05, 0.1) is 7.11 Å². The molecule has 3 nitrogen and oxygen atoms in total. The number of hydrogen-bond acceptors (Lipinski definition) is 2. The summed E-state index contributed by atoms with van der Waals surface area (Å²) in [6, 6.07) is 15.0. The van der Waals surface area contributed by atoms with Gasteiger partial charge in [-0.05, 0) is 31.2 Å². The van der Waals surface area contributed by atoms with Gasteiger partial charge in [0.15, 0.2) is 0 Å². The lowest BCUT2D eigenvalue weighted by atomic mass is 10.1. The van der Waals surface area contributed by atoms with E-state index >= 15 is 0 Å². The van der Waals surface area contributed by atoms with Crippen LogP contribution in [0.1, 0.15) is 15.9 Å². The smallest absolute Gasteiger partial charge is 0.258 e. The van der Waals surface area contributed by atoms with Gasteiger partial charge in [-0.25, -0.2) is 0 Å². The number of carbonyl (C=O) groups excluding carboxylic acids is 1. The third kappa shape index (κ3) is 2.94. The molecule has 2 aromatic carbocycles. The lowest BCUT2D eigenvalue weighted by Crippen LogP contribution is -2.26. The van der Waals surface area contributed by atoms with E-state index in [1.165, 1.54) is 0 Å². The van der Waals surface area contributed by atoms with Gasteiger partial charge >= 0.3 is 0 Å². The van der Waals surface area contributed by atoms with Gasteiger partial charge in [-0.2, -0.15) is 0 Å². The van der Waals surface area contributed by atoms with Crippen molar-refractivity contribution in [1.29, 1.82) is 0 Å². The average Bonchev–Trinajstić information content (AvgIpc) is 2.46. The van der Waals surface area contributed by atoms with Crippen LogP contribution in [0.15, 0.2) is 48.5 Å². The van der Waals surface area contributed by atoms with Crippen molar-refractivity contribution in [3.63, 3.8) is 0 Å². The molecule has 0 radical (unpaired) electrons. The minimum atomic E-state index is -0.0340. The Balaban J connectivity index is 2.25. The van der Waals surface area contributed by atoms with Crippen molar-refractivity contribution in [2.45, 2.75) is 6.92 Å². The van der Waals surface area contributed by atoms with Crippen molar-refractivity contribution < 1.29 is 9.53 Å².